The molecular weight excluding hydrogens is 266 g/mol. The summed E-state index contributed by atoms with van der Waals surface area (Å²) in [5, 5.41) is 13.4. The Kier molecular flexibility index (Phi) is 3.50. The highest BCUT2D eigenvalue weighted by atomic mass is 19.1. The van der Waals surface area contributed by atoms with Crippen LogP contribution < -0.4 is 0 Å². The van der Waals surface area contributed by atoms with Crippen molar-refractivity contribution >= 4 is 0 Å². The molecular formula is C14H14F2N2O2. The maximum atomic E-state index is 13.9. The van der Waals surface area contributed by atoms with Crippen LogP contribution in [-0.2, 0) is 6.54 Å². The third-order valence-electron chi connectivity index (χ3n) is 3.55. The first-order valence-electron chi connectivity index (χ1n) is 6.40. The van der Waals surface area contributed by atoms with Gasteiger partial charge in [-0.1, -0.05) is 5.16 Å². The van der Waals surface area contributed by atoms with Gasteiger partial charge in [0.2, 0.25) is 0 Å². The summed E-state index contributed by atoms with van der Waals surface area (Å²) >= 11 is 0. The molecule has 4 nitrogen and oxygen atoms in total. The van der Waals surface area contributed by atoms with E-state index in [2.05, 4.69) is 5.16 Å². The average molecular weight is 280 g/mol. The summed E-state index contributed by atoms with van der Waals surface area (Å²) < 4.78 is 32.2. The minimum Gasteiger partial charge on any atom is -0.392 e. The van der Waals surface area contributed by atoms with E-state index in [4.69, 9.17) is 4.52 Å². The second kappa shape index (κ2) is 5.30. The van der Waals surface area contributed by atoms with Gasteiger partial charge in [0.15, 0.2) is 5.76 Å². The number of hydrogen-bond acceptors (Lipinski definition) is 4. The molecule has 1 aromatic carbocycles. The van der Waals surface area contributed by atoms with E-state index in [0.29, 0.717) is 25.3 Å². The number of aliphatic hydroxyl groups is 1. The van der Waals surface area contributed by atoms with Crippen LogP contribution in [0.5, 0.6) is 0 Å². The average Bonchev–Trinajstić information content (AvgIpc) is 3.03. The summed E-state index contributed by atoms with van der Waals surface area (Å²) in [7, 11) is 0. The van der Waals surface area contributed by atoms with Gasteiger partial charge in [-0.05, 0) is 24.6 Å². The number of aliphatic hydroxyl groups excluding tert-OH is 1. The van der Waals surface area contributed by atoms with Crippen molar-refractivity contribution in [1.82, 2.24) is 10.1 Å². The molecule has 3 rings (SSSR count). The van der Waals surface area contributed by atoms with Crippen molar-refractivity contribution in [1.29, 1.82) is 0 Å². The molecule has 0 bridgehead atoms. The first-order chi connectivity index (χ1) is 9.63. The second-order valence-electron chi connectivity index (χ2n) is 4.98. The van der Waals surface area contributed by atoms with E-state index in [0.717, 1.165) is 12.1 Å². The molecule has 106 valence electrons. The molecule has 0 amide bonds. The molecule has 1 N–H and O–H groups in total. The van der Waals surface area contributed by atoms with Crippen LogP contribution in [0.15, 0.2) is 35.0 Å². The van der Waals surface area contributed by atoms with Gasteiger partial charge >= 0.3 is 0 Å². The fourth-order valence-corrected chi connectivity index (χ4v) is 2.67. The monoisotopic (exact) mass is 280 g/mol. The van der Waals surface area contributed by atoms with Crippen molar-refractivity contribution in [2.75, 3.05) is 6.54 Å². The van der Waals surface area contributed by atoms with Gasteiger partial charge in [0.1, 0.15) is 11.6 Å². The number of halogens is 2. The zero-order chi connectivity index (χ0) is 14.1. The predicted molar refractivity (Wildman–Crippen MR) is 66.6 cm³/mol. The minimum absolute atomic E-state index is 0.265. The van der Waals surface area contributed by atoms with E-state index in [1.54, 1.807) is 6.07 Å². The molecule has 0 aliphatic carbocycles. The van der Waals surface area contributed by atoms with E-state index in [9.17, 15) is 13.9 Å². The number of β-amino-alcohol motifs (C(OH)–C–C–N with tert-alkyl or cyclic N) is 1. The topological polar surface area (TPSA) is 49.5 Å². The van der Waals surface area contributed by atoms with Crippen LogP contribution in [-0.4, -0.2) is 27.8 Å². The molecule has 1 fully saturated rings. The Bertz CT molecular complexity index is 589. The highest BCUT2D eigenvalue weighted by molar-refractivity contribution is 5.24. The van der Waals surface area contributed by atoms with Gasteiger partial charge in [-0.15, -0.1) is 0 Å². The molecule has 1 aliphatic heterocycles. The van der Waals surface area contributed by atoms with Crippen molar-refractivity contribution in [3.63, 3.8) is 0 Å². The molecule has 0 radical (unpaired) electrons. The largest absolute Gasteiger partial charge is 0.392 e. The Hall–Kier alpha value is -1.79. The predicted octanol–water partition coefficient (Wildman–Crippen LogP) is 2.26. The SMILES string of the molecule is O[C@H]1C[C@@H](c2cc(F)ccc2F)N(Cc2ccno2)C1. The molecule has 0 spiro atoms. The smallest absolute Gasteiger partial charge is 0.150 e. The Morgan fingerprint density at radius 1 is 1.35 bits per heavy atom. The Morgan fingerprint density at radius 3 is 2.95 bits per heavy atom. The molecule has 1 saturated heterocycles. The first kappa shape index (κ1) is 13.2. The van der Waals surface area contributed by atoms with Crippen molar-refractivity contribution in [2.45, 2.75) is 25.1 Å². The van der Waals surface area contributed by atoms with Crippen LogP contribution in [0.4, 0.5) is 8.78 Å². The molecule has 0 unspecified atom stereocenters. The number of nitrogens with zero attached hydrogens (tertiary/aromatic N) is 2. The third-order valence-corrected chi connectivity index (χ3v) is 3.55. The van der Waals surface area contributed by atoms with Gasteiger partial charge in [-0.3, -0.25) is 4.90 Å². The Balaban J connectivity index is 1.87. The van der Waals surface area contributed by atoms with Crippen LogP contribution in [0.1, 0.15) is 23.8 Å². The number of aromatic nitrogens is 1. The van der Waals surface area contributed by atoms with E-state index in [1.807, 2.05) is 4.90 Å². The van der Waals surface area contributed by atoms with Crippen LogP contribution in [0.3, 0.4) is 0 Å². The lowest BCUT2D eigenvalue weighted by Gasteiger charge is -2.23. The minimum atomic E-state index is -0.564. The highest BCUT2D eigenvalue weighted by Crippen LogP contribution is 2.35. The summed E-state index contributed by atoms with van der Waals surface area (Å²) in [5.41, 5.74) is 0.265. The zero-order valence-electron chi connectivity index (χ0n) is 10.7. The molecule has 0 saturated carbocycles. The molecule has 1 aromatic heterocycles. The molecule has 2 atom stereocenters. The summed E-state index contributed by atoms with van der Waals surface area (Å²) in [4.78, 5) is 1.86. The third kappa shape index (κ3) is 2.57. The van der Waals surface area contributed by atoms with E-state index in [-0.39, 0.29) is 11.6 Å². The lowest BCUT2D eigenvalue weighted by molar-refractivity contribution is 0.165. The van der Waals surface area contributed by atoms with Crippen molar-refractivity contribution in [2.24, 2.45) is 0 Å². The summed E-state index contributed by atoms with van der Waals surface area (Å²) in [6.45, 7) is 0.791. The van der Waals surface area contributed by atoms with Gasteiger partial charge in [0, 0.05) is 24.2 Å². The van der Waals surface area contributed by atoms with Gasteiger partial charge < -0.3 is 9.63 Å². The fraction of sp³-hybridized carbons (Fsp3) is 0.357. The first-order valence-corrected chi connectivity index (χ1v) is 6.40. The second-order valence-corrected chi connectivity index (χ2v) is 4.98. The van der Waals surface area contributed by atoms with Crippen molar-refractivity contribution in [3.05, 3.63) is 53.4 Å². The zero-order valence-corrected chi connectivity index (χ0v) is 10.7. The van der Waals surface area contributed by atoms with Gasteiger partial charge in [0.25, 0.3) is 0 Å². The van der Waals surface area contributed by atoms with E-state index in [1.165, 1.54) is 12.3 Å². The number of benzene rings is 1. The van der Waals surface area contributed by atoms with Crippen molar-refractivity contribution in [3.8, 4) is 0 Å². The van der Waals surface area contributed by atoms with E-state index >= 15 is 0 Å². The summed E-state index contributed by atoms with van der Waals surface area (Å²) in [6, 6.07) is 4.73. The normalized spacial score (nSPS) is 23.4. The maximum Gasteiger partial charge on any atom is 0.150 e. The van der Waals surface area contributed by atoms with Gasteiger partial charge in [-0.25, -0.2) is 8.78 Å². The Labute approximate surface area is 114 Å². The van der Waals surface area contributed by atoms with Gasteiger partial charge in [-0.2, -0.15) is 0 Å². The van der Waals surface area contributed by atoms with Crippen LogP contribution >= 0.6 is 0 Å². The molecule has 2 heterocycles. The number of rotatable bonds is 3. The van der Waals surface area contributed by atoms with Crippen LogP contribution in [0.2, 0.25) is 0 Å². The maximum absolute atomic E-state index is 13.9. The summed E-state index contributed by atoms with van der Waals surface area (Å²) in [6.07, 6.45) is 1.33. The van der Waals surface area contributed by atoms with Crippen molar-refractivity contribution < 1.29 is 18.4 Å². The van der Waals surface area contributed by atoms with Crippen LogP contribution in [0.25, 0.3) is 0 Å². The molecule has 20 heavy (non-hydrogen) atoms. The number of likely N-dealkylation sites (tertiary alicyclic amines) is 1. The van der Waals surface area contributed by atoms with Gasteiger partial charge in [0.05, 0.1) is 18.8 Å². The number of hydrogen-bond donors (Lipinski definition) is 1. The summed E-state index contributed by atoms with van der Waals surface area (Å²) in [5.74, 6) is -0.323. The molecule has 2 aromatic rings. The lowest BCUT2D eigenvalue weighted by atomic mass is 10.0. The van der Waals surface area contributed by atoms with E-state index < -0.39 is 17.7 Å². The lowest BCUT2D eigenvalue weighted by Crippen LogP contribution is -2.24. The van der Waals surface area contributed by atoms with Crippen LogP contribution in [0, 0.1) is 11.6 Å². The fourth-order valence-electron chi connectivity index (χ4n) is 2.67. The molecule has 1 aliphatic rings. The Morgan fingerprint density at radius 2 is 2.20 bits per heavy atom. The quantitative estimate of drug-likeness (QED) is 0.937. The standard InChI is InChI=1S/C14H14F2N2O2/c15-9-1-2-13(16)12(5-9)14-6-10(19)7-18(14)8-11-3-4-17-20-11/h1-5,10,14,19H,6-8H2/t10-,14-/m0/s1. The highest BCUT2D eigenvalue weighted by Gasteiger charge is 2.34. The molecule has 6 heteroatoms.